The maximum Gasteiger partial charge on any atom is 0.264 e. The summed E-state index contributed by atoms with van der Waals surface area (Å²) in [4.78, 5) is 0.00524. The average molecular weight is 381 g/mol. The van der Waals surface area contributed by atoms with Crippen molar-refractivity contribution in [1.82, 2.24) is 10.3 Å². The third-order valence-corrected chi connectivity index (χ3v) is 5.31. The van der Waals surface area contributed by atoms with Crippen molar-refractivity contribution in [2.45, 2.75) is 11.5 Å². The summed E-state index contributed by atoms with van der Waals surface area (Å²) in [6, 6.07) is 21.1. The predicted octanol–water partition coefficient (Wildman–Crippen LogP) is 3.60. The topological polar surface area (TPSA) is 94.3 Å². The zero-order chi connectivity index (χ0) is 18.7. The number of sulfonamides is 1. The van der Waals surface area contributed by atoms with Gasteiger partial charge in [0.05, 0.1) is 0 Å². The molecule has 7 nitrogen and oxygen atoms in total. The van der Waals surface area contributed by atoms with Crippen molar-refractivity contribution < 1.29 is 17.8 Å². The van der Waals surface area contributed by atoms with Crippen molar-refractivity contribution in [3.05, 3.63) is 78.4 Å². The molecule has 3 aromatic carbocycles. The third-order valence-electron chi connectivity index (χ3n) is 3.89. The van der Waals surface area contributed by atoms with Gasteiger partial charge < -0.3 is 4.74 Å². The van der Waals surface area contributed by atoms with Crippen LogP contribution in [0.25, 0.3) is 11.0 Å². The normalized spacial score (nSPS) is 11.4. The van der Waals surface area contributed by atoms with Gasteiger partial charge in [0.25, 0.3) is 10.0 Å². The predicted molar refractivity (Wildman–Crippen MR) is 99.8 cm³/mol. The molecule has 27 heavy (non-hydrogen) atoms. The number of rotatable bonds is 6. The fourth-order valence-corrected chi connectivity index (χ4v) is 3.78. The molecule has 1 N–H and O–H groups in total. The molecule has 4 rings (SSSR count). The van der Waals surface area contributed by atoms with E-state index in [0.717, 1.165) is 5.56 Å². The SMILES string of the molecule is O=S(=O)(Nc1ccc(OCc2ccccc2)cc1)c1cccc2nonc12. The summed E-state index contributed by atoms with van der Waals surface area (Å²) < 4.78 is 38.2. The molecule has 0 atom stereocenters. The molecule has 0 fully saturated rings. The first-order chi connectivity index (χ1) is 13.1. The van der Waals surface area contributed by atoms with Crippen LogP contribution in [0.1, 0.15) is 5.56 Å². The van der Waals surface area contributed by atoms with E-state index in [2.05, 4.69) is 19.7 Å². The molecule has 0 saturated heterocycles. The monoisotopic (exact) mass is 381 g/mol. The van der Waals surface area contributed by atoms with Crippen LogP contribution in [0.4, 0.5) is 5.69 Å². The van der Waals surface area contributed by atoms with Gasteiger partial charge in [-0.3, -0.25) is 4.72 Å². The van der Waals surface area contributed by atoms with Crippen LogP contribution in [0.15, 0.2) is 82.3 Å². The Labute approximate surface area is 155 Å². The molecular weight excluding hydrogens is 366 g/mol. The van der Waals surface area contributed by atoms with Gasteiger partial charge in [-0.1, -0.05) is 36.4 Å². The molecule has 0 aliphatic carbocycles. The Balaban J connectivity index is 1.48. The van der Waals surface area contributed by atoms with E-state index < -0.39 is 10.0 Å². The van der Waals surface area contributed by atoms with Crippen molar-refractivity contribution in [3.63, 3.8) is 0 Å². The highest BCUT2D eigenvalue weighted by Gasteiger charge is 2.20. The van der Waals surface area contributed by atoms with Crippen LogP contribution in [-0.4, -0.2) is 18.7 Å². The molecule has 0 radical (unpaired) electrons. The molecule has 0 unspecified atom stereocenters. The Bertz CT molecular complexity index is 1160. The fraction of sp³-hybridized carbons (Fsp3) is 0.0526. The van der Waals surface area contributed by atoms with E-state index in [1.165, 1.54) is 6.07 Å². The van der Waals surface area contributed by atoms with E-state index in [0.29, 0.717) is 23.6 Å². The van der Waals surface area contributed by atoms with Gasteiger partial charge >= 0.3 is 0 Å². The quantitative estimate of drug-likeness (QED) is 0.548. The van der Waals surface area contributed by atoms with Crippen molar-refractivity contribution in [2.75, 3.05) is 4.72 Å². The minimum Gasteiger partial charge on any atom is -0.489 e. The van der Waals surface area contributed by atoms with E-state index in [1.807, 2.05) is 30.3 Å². The molecule has 136 valence electrons. The molecule has 8 heteroatoms. The average Bonchev–Trinajstić information content (AvgIpc) is 3.17. The van der Waals surface area contributed by atoms with Crippen LogP contribution in [0, 0.1) is 0 Å². The van der Waals surface area contributed by atoms with Gasteiger partial charge in [-0.2, -0.15) is 0 Å². The summed E-state index contributed by atoms with van der Waals surface area (Å²) in [6.07, 6.45) is 0. The smallest absolute Gasteiger partial charge is 0.264 e. The van der Waals surface area contributed by atoms with Crippen molar-refractivity contribution >= 4 is 26.7 Å². The van der Waals surface area contributed by atoms with E-state index in [-0.39, 0.29) is 10.4 Å². The maximum absolute atomic E-state index is 12.7. The zero-order valence-electron chi connectivity index (χ0n) is 14.1. The number of aromatic nitrogens is 2. The second-order valence-corrected chi connectivity index (χ2v) is 7.44. The Morgan fingerprint density at radius 2 is 1.67 bits per heavy atom. The summed E-state index contributed by atoms with van der Waals surface area (Å²) in [5, 5.41) is 7.33. The van der Waals surface area contributed by atoms with Gasteiger partial charge in [0.1, 0.15) is 22.8 Å². The van der Waals surface area contributed by atoms with Crippen LogP contribution in [0.2, 0.25) is 0 Å². The number of benzene rings is 3. The third kappa shape index (κ3) is 3.75. The molecule has 0 saturated carbocycles. The minimum atomic E-state index is -3.83. The first-order valence-corrected chi connectivity index (χ1v) is 9.61. The first kappa shape index (κ1) is 17.0. The maximum atomic E-state index is 12.7. The van der Waals surface area contributed by atoms with Crippen LogP contribution < -0.4 is 9.46 Å². The van der Waals surface area contributed by atoms with E-state index in [4.69, 9.17) is 4.74 Å². The summed E-state index contributed by atoms with van der Waals surface area (Å²) in [6.45, 7) is 0.438. The molecule has 0 bridgehead atoms. The molecule has 0 spiro atoms. The standard InChI is InChI=1S/C19H15N3O4S/c23-27(24,18-8-4-7-17-19(18)21-26-20-17)22-15-9-11-16(12-10-15)25-13-14-5-2-1-3-6-14/h1-12,22H,13H2. The summed E-state index contributed by atoms with van der Waals surface area (Å²) >= 11 is 0. The number of hydrogen-bond acceptors (Lipinski definition) is 6. The molecule has 4 aromatic rings. The van der Waals surface area contributed by atoms with Gasteiger partial charge in [-0.15, -0.1) is 0 Å². The van der Waals surface area contributed by atoms with Crippen LogP contribution in [-0.2, 0) is 16.6 Å². The van der Waals surface area contributed by atoms with Crippen molar-refractivity contribution in [1.29, 1.82) is 0 Å². The number of nitrogens with zero attached hydrogens (tertiary/aromatic N) is 2. The summed E-state index contributed by atoms with van der Waals surface area (Å²) in [7, 11) is -3.83. The number of anilines is 1. The second-order valence-electron chi connectivity index (χ2n) is 5.79. The van der Waals surface area contributed by atoms with Crippen LogP contribution in [0.3, 0.4) is 0 Å². The Kier molecular flexibility index (Phi) is 4.47. The molecule has 1 aromatic heterocycles. The van der Waals surface area contributed by atoms with Gasteiger partial charge in [0.2, 0.25) is 0 Å². The molecule has 1 heterocycles. The minimum absolute atomic E-state index is 0.00524. The molecule has 0 aliphatic rings. The van der Waals surface area contributed by atoms with Gasteiger partial charge in [0, 0.05) is 5.69 Å². The highest BCUT2D eigenvalue weighted by Crippen LogP contribution is 2.24. The van der Waals surface area contributed by atoms with Crippen molar-refractivity contribution in [2.24, 2.45) is 0 Å². The van der Waals surface area contributed by atoms with Crippen molar-refractivity contribution in [3.8, 4) is 5.75 Å². The lowest BCUT2D eigenvalue weighted by molar-refractivity contribution is 0.306. The fourth-order valence-electron chi connectivity index (χ4n) is 2.57. The van der Waals surface area contributed by atoms with Crippen LogP contribution >= 0.6 is 0 Å². The zero-order valence-corrected chi connectivity index (χ0v) is 14.9. The molecule has 0 amide bonds. The highest BCUT2D eigenvalue weighted by atomic mass is 32.2. The Morgan fingerprint density at radius 3 is 2.44 bits per heavy atom. The van der Waals surface area contributed by atoms with E-state index >= 15 is 0 Å². The number of ether oxygens (including phenoxy) is 1. The highest BCUT2D eigenvalue weighted by molar-refractivity contribution is 7.93. The Morgan fingerprint density at radius 1 is 0.889 bits per heavy atom. The van der Waals surface area contributed by atoms with E-state index in [1.54, 1.807) is 36.4 Å². The Hall–Kier alpha value is -3.39. The second kappa shape index (κ2) is 7.08. The molecule has 0 aliphatic heterocycles. The largest absolute Gasteiger partial charge is 0.489 e. The van der Waals surface area contributed by atoms with E-state index in [9.17, 15) is 8.42 Å². The number of hydrogen-bond donors (Lipinski definition) is 1. The first-order valence-electron chi connectivity index (χ1n) is 8.13. The lowest BCUT2D eigenvalue weighted by atomic mass is 10.2. The molecular formula is C19H15N3O4S. The lowest BCUT2D eigenvalue weighted by Crippen LogP contribution is -2.13. The summed E-state index contributed by atoms with van der Waals surface area (Å²) in [5.41, 5.74) is 2.03. The summed E-state index contributed by atoms with van der Waals surface area (Å²) in [5.74, 6) is 0.643. The number of fused-ring (bicyclic) bond motifs is 1. The number of nitrogens with one attached hydrogen (secondary N) is 1. The lowest BCUT2D eigenvalue weighted by Gasteiger charge is -2.10. The van der Waals surface area contributed by atoms with Gasteiger partial charge in [-0.25, -0.2) is 13.0 Å². The van der Waals surface area contributed by atoms with Gasteiger partial charge in [0.15, 0.2) is 5.52 Å². The van der Waals surface area contributed by atoms with Crippen LogP contribution in [0.5, 0.6) is 5.75 Å². The van der Waals surface area contributed by atoms with Gasteiger partial charge in [-0.05, 0) is 52.3 Å².